The largest absolute Gasteiger partial charge is 0.417 e. The van der Waals surface area contributed by atoms with Gasteiger partial charge in [-0.2, -0.15) is 13.2 Å². The fraction of sp³-hybridized carbons (Fsp3) is 0.240. The Kier molecular flexibility index (Phi) is 7.81. The van der Waals surface area contributed by atoms with E-state index in [1.807, 2.05) is 32.0 Å². The maximum Gasteiger partial charge on any atom is 0.417 e. The normalized spacial score (nSPS) is 12.8. The third kappa shape index (κ3) is 6.15. The fourth-order valence-electron chi connectivity index (χ4n) is 3.64. The molecule has 0 saturated carbocycles. The van der Waals surface area contributed by atoms with Crippen molar-refractivity contribution in [2.45, 2.75) is 37.9 Å². The third-order valence-corrected chi connectivity index (χ3v) is 7.56. The molecule has 3 aromatic rings. The lowest BCUT2D eigenvalue weighted by Crippen LogP contribution is -2.41. The van der Waals surface area contributed by atoms with Gasteiger partial charge >= 0.3 is 6.18 Å². The number of alkyl halides is 3. The second kappa shape index (κ2) is 10.3. The van der Waals surface area contributed by atoms with Gasteiger partial charge < -0.3 is 5.32 Å². The van der Waals surface area contributed by atoms with Crippen molar-refractivity contribution in [3.63, 3.8) is 0 Å². The van der Waals surface area contributed by atoms with Crippen LogP contribution < -0.4 is 9.62 Å². The number of hydrogen-bond donors (Lipinski definition) is 1. The van der Waals surface area contributed by atoms with Gasteiger partial charge in [-0.05, 0) is 62.2 Å². The molecule has 0 aromatic heterocycles. The molecule has 0 bridgehead atoms. The number of benzene rings is 3. The van der Waals surface area contributed by atoms with E-state index in [1.165, 1.54) is 24.3 Å². The molecule has 1 N–H and O–H groups in total. The first kappa shape index (κ1) is 26.6. The zero-order valence-corrected chi connectivity index (χ0v) is 20.8. The first-order valence-corrected chi connectivity index (χ1v) is 12.4. The van der Waals surface area contributed by atoms with Crippen LogP contribution in [-0.4, -0.2) is 20.9 Å². The van der Waals surface area contributed by atoms with Crippen LogP contribution in [0.3, 0.4) is 0 Å². The van der Waals surface area contributed by atoms with Crippen LogP contribution in [0.5, 0.6) is 0 Å². The van der Waals surface area contributed by atoms with Crippen LogP contribution in [0, 0.1) is 13.8 Å². The molecule has 0 radical (unpaired) electrons. The Labute approximate surface area is 207 Å². The number of nitrogens with zero attached hydrogens (tertiary/aromatic N) is 1. The molecule has 0 fully saturated rings. The summed E-state index contributed by atoms with van der Waals surface area (Å²) in [4.78, 5) is 12.8. The van der Waals surface area contributed by atoms with Gasteiger partial charge in [0.15, 0.2) is 0 Å². The molecule has 0 aliphatic heterocycles. The molecule has 3 rings (SSSR count). The molecule has 0 spiro atoms. The van der Waals surface area contributed by atoms with Crippen LogP contribution in [0.15, 0.2) is 71.6 Å². The van der Waals surface area contributed by atoms with E-state index in [0.29, 0.717) is 10.4 Å². The summed E-state index contributed by atoms with van der Waals surface area (Å²) < 4.78 is 67.9. The second-order valence-corrected chi connectivity index (χ2v) is 10.4. The van der Waals surface area contributed by atoms with Crippen molar-refractivity contribution in [3.8, 4) is 0 Å². The summed E-state index contributed by atoms with van der Waals surface area (Å²) in [6.07, 6.45) is -4.81. The van der Waals surface area contributed by atoms with Gasteiger partial charge in [-0.3, -0.25) is 9.10 Å². The molecule has 1 amide bonds. The van der Waals surface area contributed by atoms with Gasteiger partial charge in [0.25, 0.3) is 10.0 Å². The topological polar surface area (TPSA) is 66.5 Å². The van der Waals surface area contributed by atoms with Gasteiger partial charge in [0.2, 0.25) is 5.91 Å². The molecule has 3 aromatic carbocycles. The predicted octanol–water partition coefficient (Wildman–Crippen LogP) is 6.05. The highest BCUT2D eigenvalue weighted by molar-refractivity contribution is 7.92. The summed E-state index contributed by atoms with van der Waals surface area (Å²) in [6.45, 7) is 4.81. The van der Waals surface area contributed by atoms with Crippen molar-refractivity contribution in [2.75, 3.05) is 10.8 Å². The Balaban J connectivity index is 2.00. The number of sulfonamides is 1. The number of nitrogens with one attached hydrogen (secondary N) is 1. The molecule has 0 aliphatic carbocycles. The lowest BCUT2D eigenvalue weighted by molar-refractivity contribution is -0.137. The fourth-order valence-corrected chi connectivity index (χ4v) is 5.30. The van der Waals surface area contributed by atoms with E-state index in [0.717, 1.165) is 28.8 Å². The zero-order chi connectivity index (χ0) is 26.0. The van der Waals surface area contributed by atoms with Gasteiger partial charge in [-0.1, -0.05) is 53.6 Å². The minimum Gasteiger partial charge on any atom is -0.348 e. The summed E-state index contributed by atoms with van der Waals surface area (Å²) in [7, 11) is -4.38. The predicted molar refractivity (Wildman–Crippen MR) is 130 cm³/mol. The first-order chi connectivity index (χ1) is 16.3. The van der Waals surface area contributed by atoms with E-state index in [2.05, 4.69) is 5.32 Å². The number of anilines is 1. The van der Waals surface area contributed by atoms with E-state index in [4.69, 9.17) is 11.6 Å². The minimum absolute atomic E-state index is 0.168. The molecular weight excluding hydrogens is 501 g/mol. The monoisotopic (exact) mass is 524 g/mol. The highest BCUT2D eigenvalue weighted by Gasteiger charge is 2.35. The molecule has 186 valence electrons. The summed E-state index contributed by atoms with van der Waals surface area (Å²) in [5.74, 6) is -0.679. The summed E-state index contributed by atoms with van der Waals surface area (Å²) >= 11 is 5.72. The standard InChI is InChI=1S/C25H24ClF3N2O3S/c1-16-9-10-17(2)21(13-16)18(3)30-24(32)15-31(35(33,34)20-7-5-4-6-8-20)19-11-12-23(26)22(14-19)25(27,28)29/h4-14,18H,15H2,1-3H3,(H,30,32). The summed E-state index contributed by atoms with van der Waals surface area (Å²) in [5.41, 5.74) is 1.24. The highest BCUT2D eigenvalue weighted by atomic mass is 35.5. The molecule has 35 heavy (non-hydrogen) atoms. The van der Waals surface area contributed by atoms with Gasteiger partial charge in [-0.25, -0.2) is 8.42 Å². The van der Waals surface area contributed by atoms with Crippen LogP contribution in [0.25, 0.3) is 0 Å². The van der Waals surface area contributed by atoms with Crippen molar-refractivity contribution in [2.24, 2.45) is 0 Å². The van der Waals surface area contributed by atoms with Crippen molar-refractivity contribution in [3.05, 3.63) is 94.0 Å². The van der Waals surface area contributed by atoms with E-state index in [9.17, 15) is 26.4 Å². The van der Waals surface area contributed by atoms with Crippen molar-refractivity contribution in [1.29, 1.82) is 0 Å². The number of halogens is 4. The van der Waals surface area contributed by atoms with Crippen molar-refractivity contribution < 1.29 is 26.4 Å². The maximum absolute atomic E-state index is 13.5. The van der Waals surface area contributed by atoms with Gasteiger partial charge in [0.1, 0.15) is 6.54 Å². The Morgan fingerprint density at radius 3 is 2.31 bits per heavy atom. The number of carbonyl (C=O) groups excluding carboxylic acids is 1. The van der Waals surface area contributed by atoms with E-state index >= 15 is 0 Å². The van der Waals surface area contributed by atoms with Crippen LogP contribution in [0.1, 0.15) is 35.2 Å². The molecule has 0 aliphatic rings. The SMILES string of the molecule is Cc1ccc(C)c(C(C)NC(=O)CN(c2ccc(Cl)c(C(F)(F)F)c2)S(=O)(=O)c2ccccc2)c1. The molecule has 5 nitrogen and oxygen atoms in total. The van der Waals surface area contributed by atoms with Crippen LogP contribution >= 0.6 is 11.6 Å². The smallest absolute Gasteiger partial charge is 0.348 e. The quantitative estimate of drug-likeness (QED) is 0.409. The zero-order valence-electron chi connectivity index (χ0n) is 19.2. The van der Waals surface area contributed by atoms with Crippen molar-refractivity contribution >= 4 is 33.2 Å². The Hall–Kier alpha value is -3.04. The number of carbonyl (C=O) groups is 1. The van der Waals surface area contributed by atoms with Gasteiger partial charge in [-0.15, -0.1) is 0 Å². The lowest BCUT2D eigenvalue weighted by Gasteiger charge is -2.26. The average Bonchev–Trinajstić information content (AvgIpc) is 2.79. The van der Waals surface area contributed by atoms with Gasteiger partial charge in [0.05, 0.1) is 27.2 Å². The van der Waals surface area contributed by atoms with Crippen LogP contribution in [0.2, 0.25) is 5.02 Å². The second-order valence-electron chi connectivity index (χ2n) is 8.14. The summed E-state index contributed by atoms with van der Waals surface area (Å²) in [5, 5.41) is 2.17. The van der Waals surface area contributed by atoms with Crippen LogP contribution in [0.4, 0.5) is 18.9 Å². The Morgan fingerprint density at radius 2 is 1.69 bits per heavy atom. The first-order valence-electron chi connectivity index (χ1n) is 10.6. The number of rotatable bonds is 7. The molecular formula is C25H24ClF3N2O3S. The molecule has 1 atom stereocenters. The maximum atomic E-state index is 13.5. The van der Waals surface area contributed by atoms with Gasteiger partial charge in [0, 0.05) is 0 Å². The Morgan fingerprint density at radius 1 is 1.03 bits per heavy atom. The van der Waals surface area contributed by atoms with E-state index < -0.39 is 45.3 Å². The third-order valence-electron chi connectivity index (χ3n) is 5.44. The van der Waals surface area contributed by atoms with E-state index in [-0.39, 0.29) is 10.6 Å². The molecule has 10 heteroatoms. The molecule has 1 unspecified atom stereocenters. The Bertz CT molecular complexity index is 1330. The average molecular weight is 525 g/mol. The highest BCUT2D eigenvalue weighted by Crippen LogP contribution is 2.38. The van der Waals surface area contributed by atoms with Crippen LogP contribution in [-0.2, 0) is 21.0 Å². The molecule has 0 heterocycles. The summed E-state index contributed by atoms with van der Waals surface area (Å²) in [6, 6.07) is 15.2. The number of amides is 1. The number of hydrogen-bond acceptors (Lipinski definition) is 3. The van der Waals surface area contributed by atoms with Crippen molar-refractivity contribution in [1.82, 2.24) is 5.32 Å². The lowest BCUT2D eigenvalue weighted by atomic mass is 10.00. The number of aryl methyl sites for hydroxylation is 2. The van der Waals surface area contributed by atoms with E-state index in [1.54, 1.807) is 13.0 Å². The minimum atomic E-state index is -4.81. The molecule has 0 saturated heterocycles.